The largest absolute Gasteiger partial charge is 0.497 e. The van der Waals surface area contributed by atoms with Crippen LogP contribution in [0.2, 0.25) is 0 Å². The lowest BCUT2D eigenvalue weighted by atomic mass is 9.99. The van der Waals surface area contributed by atoms with Crippen molar-refractivity contribution >= 4 is 51.7 Å². The molecule has 1 unspecified atom stereocenters. The van der Waals surface area contributed by atoms with Crippen LogP contribution in [0.1, 0.15) is 49.3 Å². The minimum atomic E-state index is -0.169. The van der Waals surface area contributed by atoms with E-state index in [2.05, 4.69) is 11.8 Å². The second-order valence-electron chi connectivity index (χ2n) is 9.72. The molecule has 0 N–H and O–H groups in total. The number of hydrogen-bond donors (Lipinski definition) is 0. The van der Waals surface area contributed by atoms with Gasteiger partial charge in [-0.15, -0.1) is 0 Å². The van der Waals surface area contributed by atoms with E-state index in [0.29, 0.717) is 45.3 Å². The number of rotatable bonds is 7. The lowest BCUT2D eigenvalue weighted by Crippen LogP contribution is -2.41. The Labute approximate surface area is 232 Å². The topological polar surface area (TPSA) is 67.2 Å². The zero-order chi connectivity index (χ0) is 26.8. The van der Waals surface area contributed by atoms with Crippen LogP contribution in [-0.2, 0) is 11.2 Å². The number of ether oxygens (including phenoxy) is 1. The minimum absolute atomic E-state index is 0.168. The van der Waals surface area contributed by atoms with Crippen molar-refractivity contribution in [3.8, 4) is 5.75 Å². The molecule has 2 aliphatic heterocycles. The number of fused-ring (bicyclic) bond motifs is 1. The Hall–Kier alpha value is -3.17. The Balaban J connectivity index is 1.50. The number of anilines is 1. The highest BCUT2D eigenvalue weighted by atomic mass is 32.2. The maximum atomic E-state index is 13.8. The van der Waals surface area contributed by atoms with E-state index in [1.807, 2.05) is 43.3 Å². The zero-order valence-electron chi connectivity index (χ0n) is 22.0. The second-order valence-corrected chi connectivity index (χ2v) is 11.4. The summed E-state index contributed by atoms with van der Waals surface area (Å²) in [5.74, 6) is 1.29. The molecule has 2 saturated heterocycles. The fraction of sp³-hybridized carbons (Fsp3) is 0.379. The fourth-order valence-corrected chi connectivity index (χ4v) is 6.50. The zero-order valence-corrected chi connectivity index (χ0v) is 23.6. The van der Waals surface area contributed by atoms with Gasteiger partial charge in [0.25, 0.3) is 11.5 Å². The summed E-state index contributed by atoms with van der Waals surface area (Å²) in [6.45, 7) is 5.46. The molecule has 3 aromatic rings. The average Bonchev–Trinajstić information content (AvgIpc) is 3.21. The first kappa shape index (κ1) is 26.4. The van der Waals surface area contributed by atoms with Crippen LogP contribution in [0.5, 0.6) is 5.75 Å². The number of amides is 1. The first-order valence-corrected chi connectivity index (χ1v) is 14.3. The predicted octanol–water partition coefficient (Wildman–Crippen LogP) is 5.22. The fourth-order valence-electron chi connectivity index (χ4n) is 5.21. The van der Waals surface area contributed by atoms with E-state index in [9.17, 15) is 9.59 Å². The SMILES string of the molecule is CCC1CCCCN1c1nc2c(C)cccn2c(=O)c1/C=C1/SC(=S)N(CCc2ccc(OC)cc2)C1=O. The van der Waals surface area contributed by atoms with Gasteiger partial charge >= 0.3 is 0 Å². The normalized spacial score (nSPS) is 19.1. The second kappa shape index (κ2) is 11.3. The van der Waals surface area contributed by atoms with E-state index in [-0.39, 0.29) is 11.5 Å². The Bertz CT molecular complexity index is 1470. The summed E-state index contributed by atoms with van der Waals surface area (Å²) in [4.78, 5) is 36.7. The molecule has 0 radical (unpaired) electrons. The molecule has 5 rings (SSSR count). The molecular weight excluding hydrogens is 516 g/mol. The Morgan fingerprint density at radius 2 is 1.97 bits per heavy atom. The van der Waals surface area contributed by atoms with Crippen molar-refractivity contribution < 1.29 is 9.53 Å². The monoisotopic (exact) mass is 548 g/mol. The van der Waals surface area contributed by atoms with E-state index >= 15 is 0 Å². The molecule has 4 heterocycles. The van der Waals surface area contributed by atoms with Gasteiger partial charge in [-0.2, -0.15) is 0 Å². The highest BCUT2D eigenvalue weighted by Gasteiger charge is 2.33. The molecule has 2 aromatic heterocycles. The summed E-state index contributed by atoms with van der Waals surface area (Å²) >= 11 is 6.84. The number of nitrogens with zero attached hydrogens (tertiary/aromatic N) is 4. The van der Waals surface area contributed by atoms with Gasteiger partial charge in [0.1, 0.15) is 21.5 Å². The van der Waals surface area contributed by atoms with Gasteiger partial charge in [-0.05, 0) is 74.4 Å². The molecule has 1 atom stereocenters. The van der Waals surface area contributed by atoms with Crippen molar-refractivity contribution in [2.24, 2.45) is 0 Å². The number of methoxy groups -OCH3 is 1. The molecule has 0 bridgehead atoms. The number of carbonyl (C=O) groups is 1. The van der Waals surface area contributed by atoms with Gasteiger partial charge in [-0.25, -0.2) is 4.98 Å². The number of benzene rings is 1. The van der Waals surface area contributed by atoms with Crippen LogP contribution in [0.4, 0.5) is 5.82 Å². The van der Waals surface area contributed by atoms with Crippen molar-refractivity contribution in [2.45, 2.75) is 52.0 Å². The lowest BCUT2D eigenvalue weighted by Gasteiger charge is -2.37. The van der Waals surface area contributed by atoms with E-state index in [4.69, 9.17) is 21.9 Å². The van der Waals surface area contributed by atoms with Gasteiger partial charge in [0.15, 0.2) is 0 Å². The Kier molecular flexibility index (Phi) is 7.85. The maximum absolute atomic E-state index is 13.8. The molecule has 2 fully saturated rings. The van der Waals surface area contributed by atoms with Gasteiger partial charge in [0, 0.05) is 25.3 Å². The van der Waals surface area contributed by atoms with Crippen molar-refractivity contribution in [3.05, 3.63) is 74.5 Å². The van der Waals surface area contributed by atoms with Crippen molar-refractivity contribution in [1.82, 2.24) is 14.3 Å². The van der Waals surface area contributed by atoms with E-state index < -0.39 is 0 Å². The maximum Gasteiger partial charge on any atom is 0.267 e. The first-order chi connectivity index (χ1) is 18.4. The van der Waals surface area contributed by atoms with Gasteiger partial charge in [0.05, 0.1) is 17.6 Å². The smallest absolute Gasteiger partial charge is 0.267 e. The summed E-state index contributed by atoms with van der Waals surface area (Å²) in [7, 11) is 1.64. The predicted molar refractivity (Wildman–Crippen MR) is 158 cm³/mol. The van der Waals surface area contributed by atoms with E-state index in [1.165, 1.54) is 18.2 Å². The van der Waals surface area contributed by atoms with Crippen LogP contribution in [-0.4, -0.2) is 50.8 Å². The highest BCUT2D eigenvalue weighted by molar-refractivity contribution is 8.26. The minimum Gasteiger partial charge on any atom is -0.497 e. The summed E-state index contributed by atoms with van der Waals surface area (Å²) in [6.07, 6.45) is 8.39. The quantitative estimate of drug-likeness (QED) is 0.296. The molecule has 198 valence electrons. The van der Waals surface area contributed by atoms with Crippen LogP contribution in [0.25, 0.3) is 11.7 Å². The average molecular weight is 549 g/mol. The van der Waals surface area contributed by atoms with Crippen LogP contribution in [0, 0.1) is 6.92 Å². The number of piperidine rings is 1. The first-order valence-electron chi connectivity index (χ1n) is 13.1. The number of hydrogen-bond acceptors (Lipinski definition) is 7. The Morgan fingerprint density at radius 1 is 1.18 bits per heavy atom. The number of thioether (sulfide) groups is 1. The molecular formula is C29H32N4O3S2. The number of carbonyl (C=O) groups excluding carboxylic acids is 1. The van der Waals surface area contributed by atoms with E-state index in [1.54, 1.807) is 28.7 Å². The number of pyridine rings is 1. The third kappa shape index (κ3) is 5.09. The van der Waals surface area contributed by atoms with Gasteiger partial charge in [-0.3, -0.25) is 18.9 Å². The third-order valence-corrected chi connectivity index (χ3v) is 8.74. The molecule has 7 nitrogen and oxygen atoms in total. The lowest BCUT2D eigenvalue weighted by molar-refractivity contribution is -0.122. The molecule has 0 saturated carbocycles. The van der Waals surface area contributed by atoms with Crippen LogP contribution in [0.3, 0.4) is 0 Å². The Morgan fingerprint density at radius 3 is 2.71 bits per heavy atom. The molecule has 9 heteroatoms. The standard InChI is InChI=1S/C29H32N4O3S2/c1-4-21-9-5-6-15-31(21)26-23(27(34)32-16-7-8-19(2)25(32)30-26)18-24-28(35)33(29(37)38-24)17-14-20-10-12-22(36-3)13-11-20/h7-8,10-13,16,18,21H,4-6,9,14-15,17H2,1-3H3/b24-18+. The van der Waals surface area contributed by atoms with Gasteiger partial charge in [-0.1, -0.05) is 49.1 Å². The van der Waals surface area contributed by atoms with Crippen LogP contribution >= 0.6 is 24.0 Å². The van der Waals surface area contributed by atoms with Crippen LogP contribution in [0.15, 0.2) is 52.3 Å². The van der Waals surface area contributed by atoms with Gasteiger partial charge in [0.2, 0.25) is 0 Å². The van der Waals surface area contributed by atoms with Crippen LogP contribution < -0.4 is 15.2 Å². The molecule has 1 amide bonds. The van der Waals surface area contributed by atoms with E-state index in [0.717, 1.165) is 42.7 Å². The molecule has 0 spiro atoms. The molecule has 1 aromatic carbocycles. The summed E-state index contributed by atoms with van der Waals surface area (Å²) in [6, 6.07) is 11.9. The molecule has 38 heavy (non-hydrogen) atoms. The van der Waals surface area contributed by atoms with Gasteiger partial charge < -0.3 is 9.64 Å². The highest BCUT2D eigenvalue weighted by Crippen LogP contribution is 2.35. The van der Waals surface area contributed by atoms with Crippen molar-refractivity contribution in [3.63, 3.8) is 0 Å². The number of aryl methyl sites for hydroxylation is 1. The number of aromatic nitrogens is 2. The summed E-state index contributed by atoms with van der Waals surface area (Å²) < 4.78 is 7.32. The summed E-state index contributed by atoms with van der Waals surface area (Å²) in [5, 5.41) is 0. The summed E-state index contributed by atoms with van der Waals surface area (Å²) in [5.41, 5.74) is 2.96. The molecule has 2 aliphatic rings. The number of thiocarbonyl (C=S) groups is 1. The van der Waals surface area contributed by atoms with Crippen molar-refractivity contribution in [1.29, 1.82) is 0 Å². The van der Waals surface area contributed by atoms with Crippen molar-refractivity contribution in [2.75, 3.05) is 25.1 Å². The third-order valence-electron chi connectivity index (χ3n) is 7.37. The molecule has 0 aliphatic carbocycles.